The number of alkyl halides is 3. The molecular formula is C21H21F4N5O4. The van der Waals surface area contributed by atoms with E-state index in [2.05, 4.69) is 15.4 Å². The molecule has 9 nitrogen and oxygen atoms in total. The van der Waals surface area contributed by atoms with Crippen LogP contribution in [-0.4, -0.2) is 62.4 Å². The first-order valence-electron chi connectivity index (χ1n) is 10.1. The number of rotatable bonds is 5. The Labute approximate surface area is 190 Å². The fourth-order valence-corrected chi connectivity index (χ4v) is 3.61. The Morgan fingerprint density at radius 2 is 1.82 bits per heavy atom. The van der Waals surface area contributed by atoms with Crippen LogP contribution in [-0.2, 0) is 16.0 Å². The smallest absolute Gasteiger partial charge is 0.480 e. The number of nitrogens with one attached hydrogen (secondary N) is 1. The van der Waals surface area contributed by atoms with E-state index in [1.165, 1.54) is 12.1 Å². The Hall–Kier alpha value is -3.58. The number of carboxylic acid groups (broad SMARTS) is 2. The predicted molar refractivity (Wildman–Crippen MR) is 111 cm³/mol. The third-order valence-electron chi connectivity index (χ3n) is 5.17. The van der Waals surface area contributed by atoms with Gasteiger partial charge in [-0.05, 0) is 61.2 Å². The van der Waals surface area contributed by atoms with Crippen LogP contribution in [0.2, 0.25) is 0 Å². The van der Waals surface area contributed by atoms with Gasteiger partial charge in [0.2, 0.25) is 0 Å². The van der Waals surface area contributed by atoms with Crippen molar-refractivity contribution < 1.29 is 37.4 Å². The Morgan fingerprint density at radius 3 is 2.38 bits per heavy atom. The van der Waals surface area contributed by atoms with Crippen molar-refractivity contribution in [1.82, 2.24) is 20.4 Å². The van der Waals surface area contributed by atoms with Crippen LogP contribution in [0.1, 0.15) is 24.1 Å². The van der Waals surface area contributed by atoms with E-state index in [1.54, 1.807) is 23.3 Å². The molecule has 1 aromatic carbocycles. The molecule has 1 aromatic heterocycles. The molecule has 1 aliphatic carbocycles. The van der Waals surface area contributed by atoms with E-state index in [0.29, 0.717) is 49.4 Å². The molecule has 0 saturated heterocycles. The molecule has 0 fully saturated rings. The molecule has 0 saturated carbocycles. The first-order valence-corrected chi connectivity index (χ1v) is 10.1. The highest BCUT2D eigenvalue weighted by atomic mass is 19.4. The molecule has 0 bridgehead atoms. The maximum atomic E-state index is 13.2. The standard InChI is InChI=1S/C19H20FN5O2.C2HF3O2/c20-13-5-2-11(3-6-13)18-22-10-12-4-7-14-16(15(12)23-18)24-25(9-1-8-21)17(14)19(26)27;3-2(4,5)1(6)7/h2-3,5-6,10,17,24H,1,4,7-9,21H2,(H,26,27);(H,6,7). The summed E-state index contributed by atoms with van der Waals surface area (Å²) < 4.78 is 44.9. The lowest BCUT2D eigenvalue weighted by Gasteiger charge is -2.22. The van der Waals surface area contributed by atoms with Crippen LogP contribution in [0.4, 0.5) is 17.6 Å². The monoisotopic (exact) mass is 483 g/mol. The van der Waals surface area contributed by atoms with E-state index in [9.17, 15) is 27.5 Å². The second kappa shape index (κ2) is 10.1. The van der Waals surface area contributed by atoms with E-state index >= 15 is 0 Å². The molecule has 1 aliphatic heterocycles. The number of carbonyl (C=O) groups is 2. The second-order valence-corrected chi connectivity index (χ2v) is 7.47. The van der Waals surface area contributed by atoms with Crippen LogP contribution in [0.3, 0.4) is 0 Å². The highest BCUT2D eigenvalue weighted by Gasteiger charge is 2.41. The predicted octanol–water partition coefficient (Wildman–Crippen LogP) is 2.20. The van der Waals surface area contributed by atoms with Gasteiger partial charge in [0.15, 0.2) is 5.82 Å². The quantitative estimate of drug-likeness (QED) is 0.471. The summed E-state index contributed by atoms with van der Waals surface area (Å²) in [5, 5.41) is 18.6. The maximum Gasteiger partial charge on any atom is 0.490 e. The molecule has 1 atom stereocenters. The zero-order valence-electron chi connectivity index (χ0n) is 17.6. The normalized spacial score (nSPS) is 17.3. The molecule has 4 rings (SSSR count). The summed E-state index contributed by atoms with van der Waals surface area (Å²) in [5.74, 6) is -3.48. The molecule has 13 heteroatoms. The lowest BCUT2D eigenvalue weighted by atomic mass is 9.90. The highest BCUT2D eigenvalue weighted by molar-refractivity contribution is 5.85. The minimum absolute atomic E-state index is 0.320. The van der Waals surface area contributed by atoms with Crippen molar-refractivity contribution in [2.45, 2.75) is 31.5 Å². The molecule has 34 heavy (non-hydrogen) atoms. The van der Waals surface area contributed by atoms with Crippen molar-refractivity contribution in [1.29, 1.82) is 0 Å². The van der Waals surface area contributed by atoms with Gasteiger partial charge < -0.3 is 21.4 Å². The summed E-state index contributed by atoms with van der Waals surface area (Å²) >= 11 is 0. The molecular weight excluding hydrogens is 462 g/mol. The van der Waals surface area contributed by atoms with Crippen molar-refractivity contribution in [3.63, 3.8) is 0 Å². The van der Waals surface area contributed by atoms with Crippen molar-refractivity contribution in [2.24, 2.45) is 5.73 Å². The van der Waals surface area contributed by atoms with Crippen LogP contribution < -0.4 is 11.2 Å². The Bertz CT molecular complexity index is 1110. The van der Waals surface area contributed by atoms with Crippen LogP contribution in [0.15, 0.2) is 36.0 Å². The van der Waals surface area contributed by atoms with E-state index in [4.69, 9.17) is 15.6 Å². The fourth-order valence-electron chi connectivity index (χ4n) is 3.61. The van der Waals surface area contributed by atoms with Gasteiger partial charge in [0, 0.05) is 18.3 Å². The third kappa shape index (κ3) is 5.48. The van der Waals surface area contributed by atoms with Crippen LogP contribution in [0.5, 0.6) is 0 Å². The van der Waals surface area contributed by atoms with E-state index in [0.717, 1.165) is 16.8 Å². The topological polar surface area (TPSA) is 142 Å². The van der Waals surface area contributed by atoms with Crippen molar-refractivity contribution in [2.75, 3.05) is 13.1 Å². The first kappa shape index (κ1) is 25.1. The summed E-state index contributed by atoms with van der Waals surface area (Å²) in [4.78, 5) is 29.8. The average molecular weight is 483 g/mol. The summed E-state index contributed by atoms with van der Waals surface area (Å²) in [6.45, 7) is 1.02. The summed E-state index contributed by atoms with van der Waals surface area (Å²) in [6, 6.07) is 5.27. The number of nitrogens with zero attached hydrogens (tertiary/aromatic N) is 3. The Kier molecular flexibility index (Phi) is 7.47. The van der Waals surface area contributed by atoms with Crippen molar-refractivity contribution in [3.8, 4) is 11.4 Å². The van der Waals surface area contributed by atoms with Crippen molar-refractivity contribution in [3.05, 3.63) is 53.1 Å². The number of aromatic nitrogens is 2. The van der Waals surface area contributed by atoms with Gasteiger partial charge in [0.25, 0.3) is 0 Å². The molecule has 0 radical (unpaired) electrons. The Morgan fingerprint density at radius 1 is 1.18 bits per heavy atom. The van der Waals surface area contributed by atoms with Crippen LogP contribution >= 0.6 is 0 Å². The van der Waals surface area contributed by atoms with Gasteiger partial charge in [0.1, 0.15) is 11.9 Å². The summed E-state index contributed by atoms with van der Waals surface area (Å²) in [5.41, 5.74) is 12.8. The first-order chi connectivity index (χ1) is 16.0. The molecule has 5 N–H and O–H groups in total. The molecule has 0 spiro atoms. The van der Waals surface area contributed by atoms with Crippen LogP contribution in [0.25, 0.3) is 17.1 Å². The SMILES string of the molecule is NCCCN1NC2=C(CCc3cnc(-c4ccc(F)cc4)nc32)C1C(=O)O.O=C(O)C(F)(F)F. The van der Waals surface area contributed by atoms with E-state index in [1.807, 2.05) is 0 Å². The maximum absolute atomic E-state index is 13.2. The highest BCUT2D eigenvalue weighted by Crippen LogP contribution is 2.36. The van der Waals surface area contributed by atoms with Gasteiger partial charge >= 0.3 is 18.1 Å². The lowest BCUT2D eigenvalue weighted by molar-refractivity contribution is -0.192. The number of hydrogen-bond donors (Lipinski definition) is 4. The zero-order valence-corrected chi connectivity index (χ0v) is 17.6. The molecule has 182 valence electrons. The van der Waals surface area contributed by atoms with Gasteiger partial charge in [-0.25, -0.2) is 24.2 Å². The van der Waals surface area contributed by atoms with E-state index < -0.39 is 24.2 Å². The lowest BCUT2D eigenvalue weighted by Crippen LogP contribution is -2.44. The van der Waals surface area contributed by atoms with E-state index in [-0.39, 0.29) is 5.82 Å². The van der Waals surface area contributed by atoms with Gasteiger partial charge in [-0.2, -0.15) is 13.2 Å². The average Bonchev–Trinajstić information content (AvgIpc) is 3.17. The molecule has 0 amide bonds. The third-order valence-corrected chi connectivity index (χ3v) is 5.17. The largest absolute Gasteiger partial charge is 0.490 e. The molecule has 1 unspecified atom stereocenters. The number of halogens is 4. The molecule has 2 aromatic rings. The fraction of sp³-hybridized carbons (Fsp3) is 0.333. The number of benzene rings is 1. The Balaban J connectivity index is 0.000000406. The summed E-state index contributed by atoms with van der Waals surface area (Å²) in [6.07, 6.45) is -1.29. The van der Waals surface area contributed by atoms with Gasteiger partial charge in [-0.15, -0.1) is 0 Å². The molecule has 2 heterocycles. The van der Waals surface area contributed by atoms with Crippen molar-refractivity contribution >= 4 is 17.6 Å². The van der Waals surface area contributed by atoms with Crippen LogP contribution in [0, 0.1) is 5.82 Å². The number of hydrogen-bond acceptors (Lipinski definition) is 7. The minimum Gasteiger partial charge on any atom is -0.480 e. The molecule has 2 aliphatic rings. The number of hydrazine groups is 1. The minimum atomic E-state index is -5.08. The number of nitrogens with two attached hydrogens (primary N) is 1. The van der Waals surface area contributed by atoms with Gasteiger partial charge in [-0.3, -0.25) is 4.79 Å². The zero-order chi connectivity index (χ0) is 25.0. The number of carboxylic acids is 2. The second-order valence-electron chi connectivity index (χ2n) is 7.47. The number of aryl methyl sites for hydroxylation is 1. The number of aliphatic carboxylic acids is 2. The van der Waals surface area contributed by atoms with Gasteiger partial charge in [-0.1, -0.05) is 0 Å². The summed E-state index contributed by atoms with van der Waals surface area (Å²) in [7, 11) is 0. The van der Waals surface area contributed by atoms with Gasteiger partial charge in [0.05, 0.1) is 11.4 Å². The number of fused-ring (bicyclic) bond motifs is 2.